The van der Waals surface area contributed by atoms with E-state index in [4.69, 9.17) is 0 Å². The topological polar surface area (TPSA) is 95.9 Å². The highest BCUT2D eigenvalue weighted by Gasteiger charge is 2.28. The summed E-state index contributed by atoms with van der Waals surface area (Å²) >= 11 is 0. The summed E-state index contributed by atoms with van der Waals surface area (Å²) in [5.41, 5.74) is -1.11. The van der Waals surface area contributed by atoms with Gasteiger partial charge in [0.1, 0.15) is 0 Å². The van der Waals surface area contributed by atoms with Gasteiger partial charge in [0.2, 0.25) is 5.78 Å². The van der Waals surface area contributed by atoms with E-state index in [0.717, 1.165) is 17.4 Å². The first-order chi connectivity index (χ1) is 6.74. The first-order valence-electron chi connectivity index (χ1n) is 4.33. The largest absolute Gasteiger partial charge is 0.353 e. The van der Waals surface area contributed by atoms with Gasteiger partial charge in [-0.1, -0.05) is 0 Å². The number of aromatic nitrogens is 5. The Balaban J connectivity index is 2.36. The summed E-state index contributed by atoms with van der Waals surface area (Å²) in [4.78, 5) is 30.7. The SMILES string of the molecule is O=c1[nH]c(=O)n2nc(C3CC3)nc2[nH]1. The predicted molar refractivity (Wildman–Crippen MR) is 46.2 cm³/mol. The summed E-state index contributed by atoms with van der Waals surface area (Å²) in [5, 5.41) is 4.01. The van der Waals surface area contributed by atoms with Gasteiger partial charge in [-0.05, 0) is 12.8 Å². The van der Waals surface area contributed by atoms with E-state index >= 15 is 0 Å². The van der Waals surface area contributed by atoms with E-state index in [0.29, 0.717) is 11.7 Å². The molecule has 7 nitrogen and oxygen atoms in total. The van der Waals surface area contributed by atoms with Crippen LogP contribution in [0.5, 0.6) is 0 Å². The molecule has 0 atom stereocenters. The first kappa shape index (κ1) is 7.48. The van der Waals surface area contributed by atoms with Crippen LogP contribution in [0, 0.1) is 0 Å². The molecule has 0 aromatic carbocycles. The minimum Gasteiger partial charge on any atom is -0.276 e. The molecule has 1 aliphatic carbocycles. The maximum Gasteiger partial charge on any atom is 0.353 e. The average Bonchev–Trinajstić information content (AvgIpc) is 2.87. The molecule has 7 heteroatoms. The quantitative estimate of drug-likeness (QED) is 0.606. The number of aromatic amines is 2. The zero-order valence-electron chi connectivity index (χ0n) is 7.15. The zero-order valence-corrected chi connectivity index (χ0v) is 7.15. The summed E-state index contributed by atoms with van der Waals surface area (Å²) in [6, 6.07) is 0. The number of H-pyrrole nitrogens is 2. The summed E-state index contributed by atoms with van der Waals surface area (Å²) < 4.78 is 1.08. The van der Waals surface area contributed by atoms with E-state index in [-0.39, 0.29) is 5.78 Å². The average molecular weight is 193 g/mol. The van der Waals surface area contributed by atoms with Gasteiger partial charge in [-0.2, -0.15) is 4.98 Å². The fraction of sp³-hybridized carbons (Fsp3) is 0.429. The molecule has 2 aromatic rings. The van der Waals surface area contributed by atoms with Crippen LogP contribution >= 0.6 is 0 Å². The fourth-order valence-electron chi connectivity index (χ4n) is 1.35. The highest BCUT2D eigenvalue weighted by molar-refractivity contribution is 5.25. The van der Waals surface area contributed by atoms with Crippen LogP contribution < -0.4 is 11.4 Å². The van der Waals surface area contributed by atoms with Gasteiger partial charge in [-0.3, -0.25) is 9.97 Å². The van der Waals surface area contributed by atoms with Crippen molar-refractivity contribution in [1.29, 1.82) is 0 Å². The molecular formula is C7H7N5O2. The fourth-order valence-corrected chi connectivity index (χ4v) is 1.35. The second-order valence-electron chi connectivity index (χ2n) is 3.36. The summed E-state index contributed by atoms with van der Waals surface area (Å²) in [6.45, 7) is 0. The van der Waals surface area contributed by atoms with Crippen molar-refractivity contribution in [3.63, 3.8) is 0 Å². The van der Waals surface area contributed by atoms with Crippen LogP contribution in [-0.2, 0) is 0 Å². The van der Waals surface area contributed by atoms with E-state index in [9.17, 15) is 9.59 Å². The molecule has 0 radical (unpaired) electrons. The normalized spacial score (nSPS) is 16.3. The molecule has 1 fully saturated rings. The van der Waals surface area contributed by atoms with Gasteiger partial charge in [0.05, 0.1) is 0 Å². The lowest BCUT2D eigenvalue weighted by molar-refractivity contribution is 0.797. The third-order valence-electron chi connectivity index (χ3n) is 2.20. The van der Waals surface area contributed by atoms with Crippen LogP contribution in [0.1, 0.15) is 24.6 Å². The van der Waals surface area contributed by atoms with Gasteiger partial charge in [-0.25, -0.2) is 9.59 Å². The molecule has 2 heterocycles. The lowest BCUT2D eigenvalue weighted by Gasteiger charge is -1.85. The van der Waals surface area contributed by atoms with Crippen molar-refractivity contribution in [2.75, 3.05) is 0 Å². The Kier molecular flexibility index (Phi) is 1.23. The highest BCUT2D eigenvalue weighted by atomic mass is 16.2. The van der Waals surface area contributed by atoms with Gasteiger partial charge in [0.25, 0.3) is 0 Å². The summed E-state index contributed by atoms with van der Waals surface area (Å²) in [7, 11) is 0. The molecule has 1 aliphatic rings. The monoisotopic (exact) mass is 193 g/mol. The molecule has 0 aliphatic heterocycles. The Labute approximate surface area is 76.8 Å². The maximum absolute atomic E-state index is 11.2. The summed E-state index contributed by atoms with van der Waals surface area (Å²) in [6.07, 6.45) is 2.11. The van der Waals surface area contributed by atoms with Gasteiger partial charge in [0, 0.05) is 5.92 Å². The molecule has 0 bridgehead atoms. The van der Waals surface area contributed by atoms with Crippen LogP contribution in [0.15, 0.2) is 9.59 Å². The van der Waals surface area contributed by atoms with E-state index in [1.54, 1.807) is 0 Å². The predicted octanol–water partition coefficient (Wildman–Crippen LogP) is -1.02. The first-order valence-corrected chi connectivity index (χ1v) is 4.33. The Bertz CT molecular complexity index is 602. The van der Waals surface area contributed by atoms with E-state index in [2.05, 4.69) is 20.1 Å². The molecule has 2 aromatic heterocycles. The van der Waals surface area contributed by atoms with Crippen LogP contribution in [-0.4, -0.2) is 24.6 Å². The third kappa shape index (κ3) is 0.983. The second-order valence-corrected chi connectivity index (χ2v) is 3.36. The molecule has 0 saturated heterocycles. The maximum atomic E-state index is 11.2. The molecule has 2 N–H and O–H groups in total. The van der Waals surface area contributed by atoms with Gasteiger partial charge in [-0.15, -0.1) is 9.61 Å². The van der Waals surface area contributed by atoms with E-state index in [1.807, 2.05) is 0 Å². The van der Waals surface area contributed by atoms with Crippen molar-refractivity contribution in [2.45, 2.75) is 18.8 Å². The zero-order chi connectivity index (χ0) is 9.71. The molecule has 72 valence electrons. The van der Waals surface area contributed by atoms with E-state index in [1.165, 1.54) is 0 Å². The molecule has 3 rings (SSSR count). The van der Waals surface area contributed by atoms with Crippen LogP contribution in [0.3, 0.4) is 0 Å². The Morgan fingerprint density at radius 3 is 2.79 bits per heavy atom. The molecular weight excluding hydrogens is 186 g/mol. The van der Waals surface area contributed by atoms with Crippen molar-refractivity contribution >= 4 is 5.78 Å². The van der Waals surface area contributed by atoms with Crippen LogP contribution in [0.4, 0.5) is 0 Å². The lowest BCUT2D eigenvalue weighted by Crippen LogP contribution is -2.28. The van der Waals surface area contributed by atoms with Crippen molar-refractivity contribution in [1.82, 2.24) is 24.6 Å². The van der Waals surface area contributed by atoms with Gasteiger partial charge >= 0.3 is 11.4 Å². The van der Waals surface area contributed by atoms with Gasteiger partial charge < -0.3 is 0 Å². The van der Waals surface area contributed by atoms with Gasteiger partial charge in [0.15, 0.2) is 5.82 Å². The standard InChI is InChI=1S/C7H7N5O2/c13-6-9-5-8-4(3-1-2-3)11-12(5)7(14)10-6/h3H,1-2H2,(H2,8,9,10,11,13,14). The third-order valence-corrected chi connectivity index (χ3v) is 2.20. The van der Waals surface area contributed by atoms with Crippen molar-refractivity contribution in [3.05, 3.63) is 26.8 Å². The molecule has 0 amide bonds. The number of rotatable bonds is 1. The number of fused-ring (bicyclic) bond motifs is 1. The molecule has 0 spiro atoms. The number of nitrogens with zero attached hydrogens (tertiary/aromatic N) is 3. The minimum atomic E-state index is -0.558. The molecule has 0 unspecified atom stereocenters. The van der Waals surface area contributed by atoms with Crippen LogP contribution in [0.25, 0.3) is 5.78 Å². The van der Waals surface area contributed by atoms with E-state index < -0.39 is 11.4 Å². The number of hydrogen-bond acceptors (Lipinski definition) is 4. The second kappa shape index (κ2) is 2.31. The van der Waals surface area contributed by atoms with Crippen molar-refractivity contribution in [2.24, 2.45) is 0 Å². The summed E-state index contributed by atoms with van der Waals surface area (Å²) in [5.74, 6) is 1.20. The Morgan fingerprint density at radius 1 is 1.29 bits per heavy atom. The van der Waals surface area contributed by atoms with Crippen molar-refractivity contribution in [3.8, 4) is 0 Å². The number of hydrogen-bond donors (Lipinski definition) is 2. The lowest BCUT2D eigenvalue weighted by atomic mass is 10.4. The molecule has 1 saturated carbocycles. The smallest absolute Gasteiger partial charge is 0.276 e. The molecule has 14 heavy (non-hydrogen) atoms. The Morgan fingerprint density at radius 2 is 2.07 bits per heavy atom. The minimum absolute atomic E-state index is 0.209. The Hall–Kier alpha value is -1.92. The number of nitrogens with one attached hydrogen (secondary N) is 2. The van der Waals surface area contributed by atoms with Crippen LogP contribution in [0.2, 0.25) is 0 Å². The highest BCUT2D eigenvalue weighted by Crippen LogP contribution is 2.37. The van der Waals surface area contributed by atoms with Crippen molar-refractivity contribution < 1.29 is 0 Å².